The minimum absolute atomic E-state index is 0.385. The average Bonchev–Trinajstić information content (AvgIpc) is 2.54. The molecule has 3 rings (SSSR count). The lowest BCUT2D eigenvalue weighted by molar-refractivity contribution is 0.254. The van der Waals surface area contributed by atoms with Gasteiger partial charge in [0.1, 0.15) is 0 Å². The van der Waals surface area contributed by atoms with Gasteiger partial charge in [-0.05, 0) is 35.9 Å². The number of hydrogen-bond donors (Lipinski definition) is 0. The Balaban J connectivity index is 1.88. The predicted molar refractivity (Wildman–Crippen MR) is 90.3 cm³/mol. The van der Waals surface area contributed by atoms with Crippen molar-refractivity contribution in [2.45, 2.75) is 19.5 Å². The Morgan fingerprint density at radius 2 is 1.48 bits per heavy atom. The molecule has 3 aromatic rings. The fraction of sp³-hybridized carbons (Fsp3) is 0.200. The normalized spacial score (nSPS) is 12.7. The molecule has 106 valence electrons. The second-order valence-electron chi connectivity index (χ2n) is 5.65. The Bertz CT molecular complexity index is 713. The van der Waals surface area contributed by atoms with E-state index in [4.69, 9.17) is 0 Å². The monoisotopic (exact) mass is 275 g/mol. The van der Waals surface area contributed by atoms with Crippen LogP contribution >= 0.6 is 0 Å². The molecule has 0 aliphatic heterocycles. The number of fused-ring (bicyclic) bond motifs is 1. The maximum atomic E-state index is 2.40. The van der Waals surface area contributed by atoms with Gasteiger partial charge >= 0.3 is 0 Å². The second kappa shape index (κ2) is 6.11. The van der Waals surface area contributed by atoms with Crippen LogP contribution in [0.15, 0.2) is 72.8 Å². The number of hydrogen-bond acceptors (Lipinski definition) is 1. The first-order valence-corrected chi connectivity index (χ1v) is 7.47. The summed E-state index contributed by atoms with van der Waals surface area (Å²) < 4.78 is 0. The van der Waals surface area contributed by atoms with E-state index in [1.54, 1.807) is 0 Å². The second-order valence-corrected chi connectivity index (χ2v) is 5.65. The number of nitrogens with zero attached hydrogens (tertiary/aromatic N) is 1. The molecule has 1 heteroatoms. The highest BCUT2D eigenvalue weighted by Gasteiger charge is 2.14. The molecule has 0 heterocycles. The fourth-order valence-electron chi connectivity index (χ4n) is 2.86. The van der Waals surface area contributed by atoms with Gasteiger partial charge in [0.2, 0.25) is 0 Å². The van der Waals surface area contributed by atoms with Gasteiger partial charge in [-0.15, -0.1) is 0 Å². The summed E-state index contributed by atoms with van der Waals surface area (Å²) in [6.07, 6.45) is 0. The minimum atomic E-state index is 0.385. The smallest absolute Gasteiger partial charge is 0.0326 e. The molecule has 0 fully saturated rings. The van der Waals surface area contributed by atoms with E-state index in [0.717, 1.165) is 6.54 Å². The Hall–Kier alpha value is -2.12. The summed E-state index contributed by atoms with van der Waals surface area (Å²) in [7, 11) is 2.19. The molecule has 0 amide bonds. The van der Waals surface area contributed by atoms with Crippen LogP contribution in [0.4, 0.5) is 0 Å². The van der Waals surface area contributed by atoms with Gasteiger partial charge in [-0.2, -0.15) is 0 Å². The maximum Gasteiger partial charge on any atom is 0.0326 e. The molecule has 0 radical (unpaired) electrons. The van der Waals surface area contributed by atoms with Gasteiger partial charge in [-0.3, -0.25) is 4.90 Å². The van der Waals surface area contributed by atoms with Crippen molar-refractivity contribution < 1.29 is 0 Å². The van der Waals surface area contributed by atoms with E-state index in [0.29, 0.717) is 6.04 Å². The standard InChI is InChI=1S/C20H21N/c1-16(21(2)15-17-9-4-3-5-10-17)19-14-8-12-18-11-6-7-13-20(18)19/h3-14,16H,15H2,1-2H3/t16-/m1/s1. The van der Waals surface area contributed by atoms with Gasteiger partial charge < -0.3 is 0 Å². The molecule has 0 spiro atoms. The van der Waals surface area contributed by atoms with Crippen molar-refractivity contribution in [2.24, 2.45) is 0 Å². The Morgan fingerprint density at radius 3 is 2.29 bits per heavy atom. The zero-order valence-electron chi connectivity index (χ0n) is 12.7. The summed E-state index contributed by atoms with van der Waals surface area (Å²) in [5, 5.41) is 2.67. The Labute approximate surface area is 126 Å². The first-order valence-electron chi connectivity index (χ1n) is 7.47. The average molecular weight is 275 g/mol. The molecule has 0 saturated carbocycles. The van der Waals surface area contributed by atoms with E-state index in [-0.39, 0.29) is 0 Å². The van der Waals surface area contributed by atoms with E-state index in [2.05, 4.69) is 91.7 Å². The highest BCUT2D eigenvalue weighted by Crippen LogP contribution is 2.28. The molecule has 0 bridgehead atoms. The van der Waals surface area contributed by atoms with E-state index in [1.807, 2.05) is 0 Å². The van der Waals surface area contributed by atoms with Crippen LogP contribution in [0.25, 0.3) is 10.8 Å². The van der Waals surface area contributed by atoms with Crippen LogP contribution in [0.3, 0.4) is 0 Å². The van der Waals surface area contributed by atoms with Crippen molar-refractivity contribution in [1.82, 2.24) is 4.90 Å². The molecular formula is C20H21N. The molecule has 0 N–H and O–H groups in total. The van der Waals surface area contributed by atoms with Crippen molar-refractivity contribution in [3.63, 3.8) is 0 Å². The topological polar surface area (TPSA) is 3.24 Å². The molecule has 1 atom stereocenters. The number of benzene rings is 3. The summed E-state index contributed by atoms with van der Waals surface area (Å²) in [6.45, 7) is 3.25. The van der Waals surface area contributed by atoms with Crippen LogP contribution in [-0.4, -0.2) is 11.9 Å². The van der Waals surface area contributed by atoms with Gasteiger partial charge in [-0.25, -0.2) is 0 Å². The Morgan fingerprint density at radius 1 is 0.810 bits per heavy atom. The van der Waals surface area contributed by atoms with Gasteiger partial charge in [-0.1, -0.05) is 72.8 Å². The zero-order valence-corrected chi connectivity index (χ0v) is 12.7. The molecule has 0 aliphatic rings. The van der Waals surface area contributed by atoms with Gasteiger partial charge in [0.05, 0.1) is 0 Å². The highest BCUT2D eigenvalue weighted by atomic mass is 15.1. The van der Waals surface area contributed by atoms with Crippen LogP contribution in [0.5, 0.6) is 0 Å². The fourth-order valence-corrected chi connectivity index (χ4v) is 2.86. The zero-order chi connectivity index (χ0) is 14.7. The first-order chi connectivity index (χ1) is 10.3. The van der Waals surface area contributed by atoms with Crippen LogP contribution in [0.1, 0.15) is 24.1 Å². The first kappa shape index (κ1) is 13.8. The van der Waals surface area contributed by atoms with Crippen LogP contribution < -0.4 is 0 Å². The molecule has 21 heavy (non-hydrogen) atoms. The van der Waals surface area contributed by atoms with Crippen LogP contribution in [-0.2, 0) is 6.54 Å². The molecular weight excluding hydrogens is 254 g/mol. The molecule has 0 saturated heterocycles. The molecule has 0 unspecified atom stereocenters. The maximum absolute atomic E-state index is 2.40. The largest absolute Gasteiger partial charge is 0.295 e. The van der Waals surface area contributed by atoms with Gasteiger partial charge in [0.15, 0.2) is 0 Å². The van der Waals surface area contributed by atoms with Crippen molar-refractivity contribution in [2.75, 3.05) is 7.05 Å². The summed E-state index contributed by atoms with van der Waals surface area (Å²) >= 11 is 0. The summed E-state index contributed by atoms with van der Waals surface area (Å²) in [5.74, 6) is 0. The van der Waals surface area contributed by atoms with E-state index >= 15 is 0 Å². The SMILES string of the molecule is C[C@H](c1cccc2ccccc12)N(C)Cc1ccccc1. The quantitative estimate of drug-likeness (QED) is 0.645. The predicted octanol–water partition coefficient (Wildman–Crippen LogP) is 5.03. The summed E-state index contributed by atoms with van der Waals surface area (Å²) in [4.78, 5) is 2.40. The van der Waals surface area contributed by atoms with Gasteiger partial charge in [0, 0.05) is 12.6 Å². The number of rotatable bonds is 4. The van der Waals surface area contributed by atoms with E-state index < -0.39 is 0 Å². The van der Waals surface area contributed by atoms with Crippen LogP contribution in [0, 0.1) is 0 Å². The minimum Gasteiger partial charge on any atom is -0.295 e. The van der Waals surface area contributed by atoms with E-state index in [1.165, 1.54) is 21.9 Å². The molecule has 0 aliphatic carbocycles. The lowest BCUT2D eigenvalue weighted by Crippen LogP contribution is -2.22. The van der Waals surface area contributed by atoms with Crippen molar-refractivity contribution in [3.8, 4) is 0 Å². The third kappa shape index (κ3) is 2.98. The van der Waals surface area contributed by atoms with Crippen molar-refractivity contribution in [3.05, 3.63) is 83.9 Å². The lowest BCUT2D eigenvalue weighted by Gasteiger charge is -2.26. The molecule has 1 nitrogen and oxygen atoms in total. The highest BCUT2D eigenvalue weighted by molar-refractivity contribution is 5.86. The Kier molecular flexibility index (Phi) is 4.03. The van der Waals surface area contributed by atoms with Crippen molar-refractivity contribution in [1.29, 1.82) is 0 Å². The van der Waals surface area contributed by atoms with Crippen LogP contribution in [0.2, 0.25) is 0 Å². The van der Waals surface area contributed by atoms with E-state index in [9.17, 15) is 0 Å². The third-order valence-electron chi connectivity index (χ3n) is 4.21. The van der Waals surface area contributed by atoms with Gasteiger partial charge in [0.25, 0.3) is 0 Å². The summed E-state index contributed by atoms with van der Waals surface area (Å²) in [5.41, 5.74) is 2.75. The molecule has 3 aromatic carbocycles. The van der Waals surface area contributed by atoms with Crippen molar-refractivity contribution >= 4 is 10.8 Å². The molecule has 0 aromatic heterocycles. The third-order valence-corrected chi connectivity index (χ3v) is 4.21. The summed E-state index contributed by atoms with van der Waals surface area (Å²) in [6, 6.07) is 26.2. The lowest BCUT2D eigenvalue weighted by atomic mass is 9.98.